The summed E-state index contributed by atoms with van der Waals surface area (Å²) in [5, 5.41) is 10.3. The Balaban J connectivity index is 2.16. The van der Waals surface area contributed by atoms with E-state index >= 15 is 0 Å². The second-order valence-corrected chi connectivity index (χ2v) is 6.19. The van der Waals surface area contributed by atoms with Gasteiger partial charge in [0.25, 0.3) is 0 Å². The van der Waals surface area contributed by atoms with E-state index in [0.29, 0.717) is 17.9 Å². The van der Waals surface area contributed by atoms with Crippen LogP contribution in [0.1, 0.15) is 24.3 Å². The Morgan fingerprint density at radius 3 is 2.76 bits per heavy atom. The van der Waals surface area contributed by atoms with Gasteiger partial charge in [-0.05, 0) is 25.7 Å². The Hall–Kier alpha value is -2.67. The molecule has 25 heavy (non-hydrogen) atoms. The quantitative estimate of drug-likeness (QED) is 0.768. The summed E-state index contributed by atoms with van der Waals surface area (Å²) in [6.45, 7) is 1.31. The van der Waals surface area contributed by atoms with Crippen molar-refractivity contribution in [1.29, 1.82) is 0 Å². The molecule has 7 heteroatoms. The van der Waals surface area contributed by atoms with Crippen LogP contribution in [0.5, 0.6) is 5.75 Å². The fourth-order valence-corrected chi connectivity index (χ4v) is 2.71. The number of hydrogen-bond donors (Lipinski definition) is 2. The smallest absolute Gasteiger partial charge is 0.409 e. The number of primary amides is 1. The van der Waals surface area contributed by atoms with Gasteiger partial charge >= 0.3 is 6.09 Å². The third-order valence-corrected chi connectivity index (χ3v) is 3.95. The highest BCUT2D eigenvalue weighted by molar-refractivity contribution is 6.14. The largest absolute Gasteiger partial charge is 0.511 e. The van der Waals surface area contributed by atoms with Crippen molar-refractivity contribution in [2.75, 3.05) is 27.2 Å². The second-order valence-electron chi connectivity index (χ2n) is 6.19. The fourth-order valence-electron chi connectivity index (χ4n) is 2.71. The van der Waals surface area contributed by atoms with E-state index in [1.165, 1.54) is 6.21 Å². The first-order chi connectivity index (χ1) is 11.9. The van der Waals surface area contributed by atoms with Gasteiger partial charge in [0, 0.05) is 31.5 Å². The van der Waals surface area contributed by atoms with Crippen molar-refractivity contribution < 1.29 is 19.4 Å². The van der Waals surface area contributed by atoms with Gasteiger partial charge in [-0.1, -0.05) is 18.2 Å². The van der Waals surface area contributed by atoms with Crippen LogP contribution in [0.15, 0.2) is 40.6 Å². The van der Waals surface area contributed by atoms with E-state index in [1.807, 2.05) is 19.0 Å². The van der Waals surface area contributed by atoms with Gasteiger partial charge in [-0.15, -0.1) is 0 Å². The van der Waals surface area contributed by atoms with E-state index in [-0.39, 0.29) is 35.9 Å². The maximum atomic E-state index is 12.4. The highest BCUT2D eigenvalue weighted by atomic mass is 16.5. The molecule has 7 nitrogen and oxygen atoms in total. The van der Waals surface area contributed by atoms with Gasteiger partial charge in [0.15, 0.2) is 5.78 Å². The molecule has 0 spiro atoms. The van der Waals surface area contributed by atoms with E-state index in [0.717, 1.165) is 6.54 Å². The molecular formula is C18H23N3O4. The summed E-state index contributed by atoms with van der Waals surface area (Å²) in [6, 6.07) is 6.88. The van der Waals surface area contributed by atoms with Crippen molar-refractivity contribution in [3.8, 4) is 5.75 Å². The highest BCUT2D eigenvalue weighted by Crippen LogP contribution is 2.37. The average Bonchev–Trinajstić information content (AvgIpc) is 2.53. The summed E-state index contributed by atoms with van der Waals surface area (Å²) in [5.41, 5.74) is 6.01. The molecule has 1 unspecified atom stereocenters. The van der Waals surface area contributed by atoms with E-state index in [9.17, 15) is 14.7 Å². The fraction of sp³-hybridized carbons (Fsp3) is 0.389. The zero-order valence-electron chi connectivity index (χ0n) is 14.4. The number of aliphatic hydroxyl groups excluding tert-OH is 1. The molecule has 1 aliphatic rings. The zero-order chi connectivity index (χ0) is 18.4. The van der Waals surface area contributed by atoms with Crippen LogP contribution in [0.25, 0.3) is 0 Å². The van der Waals surface area contributed by atoms with Crippen LogP contribution in [-0.4, -0.2) is 55.3 Å². The third kappa shape index (κ3) is 5.15. The van der Waals surface area contributed by atoms with Crippen LogP contribution in [0.2, 0.25) is 0 Å². The van der Waals surface area contributed by atoms with Gasteiger partial charge in [0.1, 0.15) is 11.5 Å². The Morgan fingerprint density at radius 2 is 2.12 bits per heavy atom. The summed E-state index contributed by atoms with van der Waals surface area (Å²) >= 11 is 0. The number of hydrogen-bond acceptors (Lipinski definition) is 6. The summed E-state index contributed by atoms with van der Waals surface area (Å²) in [6.07, 6.45) is 1.02. The van der Waals surface area contributed by atoms with E-state index in [2.05, 4.69) is 4.99 Å². The van der Waals surface area contributed by atoms with Crippen LogP contribution in [0.3, 0.4) is 0 Å². The maximum absolute atomic E-state index is 12.4. The van der Waals surface area contributed by atoms with Crippen molar-refractivity contribution >= 4 is 18.1 Å². The minimum Gasteiger partial charge on any atom is -0.511 e. The van der Waals surface area contributed by atoms with Crippen molar-refractivity contribution in [3.05, 3.63) is 41.2 Å². The van der Waals surface area contributed by atoms with Crippen molar-refractivity contribution in [2.24, 2.45) is 10.7 Å². The number of amides is 1. The average molecular weight is 345 g/mol. The lowest BCUT2D eigenvalue weighted by Crippen LogP contribution is -2.22. The number of likely N-dealkylation sites (N-methyl/N-ethyl adjacent to an activating group) is 1. The van der Waals surface area contributed by atoms with Crippen LogP contribution in [0.4, 0.5) is 4.79 Å². The van der Waals surface area contributed by atoms with E-state index in [4.69, 9.17) is 10.5 Å². The maximum Gasteiger partial charge on any atom is 0.409 e. The number of benzene rings is 1. The molecule has 0 aliphatic heterocycles. The van der Waals surface area contributed by atoms with Gasteiger partial charge in [0.05, 0.1) is 12.1 Å². The molecular weight excluding hydrogens is 322 g/mol. The van der Waals surface area contributed by atoms with E-state index < -0.39 is 6.09 Å². The predicted molar refractivity (Wildman–Crippen MR) is 95.2 cm³/mol. The summed E-state index contributed by atoms with van der Waals surface area (Å²) in [5.74, 6) is -0.148. The lowest BCUT2D eigenvalue weighted by molar-refractivity contribution is -0.116. The number of Topliss-reactive ketones (excluding diaryl/α,β-unsaturated/α-hetero) is 1. The van der Waals surface area contributed by atoms with Crippen LogP contribution < -0.4 is 10.5 Å². The number of ketones is 1. The second kappa shape index (κ2) is 8.43. The predicted octanol–water partition coefficient (Wildman–Crippen LogP) is 2.04. The van der Waals surface area contributed by atoms with Gasteiger partial charge in [-0.2, -0.15) is 0 Å². The summed E-state index contributed by atoms with van der Waals surface area (Å²) in [4.78, 5) is 29.6. The lowest BCUT2D eigenvalue weighted by Gasteiger charge is -2.23. The van der Waals surface area contributed by atoms with Crippen LogP contribution in [-0.2, 0) is 4.79 Å². The molecule has 0 saturated carbocycles. The lowest BCUT2D eigenvalue weighted by atomic mass is 9.82. The molecule has 0 radical (unpaired) electrons. The zero-order valence-corrected chi connectivity index (χ0v) is 14.4. The number of rotatable bonds is 6. The topological polar surface area (TPSA) is 105 Å². The molecule has 1 aromatic carbocycles. The van der Waals surface area contributed by atoms with Gasteiger partial charge < -0.3 is 20.5 Å². The number of para-hydroxylation sites is 1. The number of aliphatic imine (C=N–C) groups is 1. The number of ether oxygens (including phenoxy) is 1. The number of nitrogens with two attached hydrogens (primary N) is 1. The van der Waals surface area contributed by atoms with Crippen molar-refractivity contribution in [2.45, 2.75) is 18.8 Å². The first-order valence-electron chi connectivity index (χ1n) is 8.04. The molecule has 0 saturated heterocycles. The monoisotopic (exact) mass is 345 g/mol. The molecule has 1 aromatic rings. The Bertz CT molecular complexity index is 710. The van der Waals surface area contributed by atoms with Crippen molar-refractivity contribution in [1.82, 2.24) is 4.90 Å². The minimum atomic E-state index is -0.914. The molecule has 3 N–H and O–H groups in total. The SMILES string of the molecule is CN(C)CCN=CC1=C(O)CC(c2ccccc2OC(N)=O)CC1=O. The van der Waals surface area contributed by atoms with Crippen molar-refractivity contribution in [3.63, 3.8) is 0 Å². The molecule has 1 amide bonds. The number of aliphatic hydroxyl groups is 1. The molecule has 134 valence electrons. The molecule has 0 fully saturated rings. The summed E-state index contributed by atoms with van der Waals surface area (Å²) in [7, 11) is 3.88. The Kier molecular flexibility index (Phi) is 6.30. The van der Waals surface area contributed by atoms with Crippen LogP contribution >= 0.6 is 0 Å². The molecule has 0 heterocycles. The molecule has 2 rings (SSSR count). The number of nitrogens with zero attached hydrogens (tertiary/aromatic N) is 2. The first-order valence-corrected chi connectivity index (χ1v) is 8.04. The normalized spacial score (nSPS) is 18.2. The minimum absolute atomic E-state index is 0.00345. The standard InChI is InChI=1S/C18H23N3O4/c1-21(2)8-7-20-11-14-15(22)9-12(10-16(14)23)13-5-3-4-6-17(13)25-18(19)24/h3-6,11-12,22H,7-10H2,1-2H3,(H2,19,24). The molecule has 0 aromatic heterocycles. The molecule has 1 atom stereocenters. The first kappa shape index (κ1) is 18.7. The van der Waals surface area contributed by atoms with Gasteiger partial charge in [-0.25, -0.2) is 4.79 Å². The van der Waals surface area contributed by atoms with Crippen LogP contribution in [0, 0.1) is 0 Å². The van der Waals surface area contributed by atoms with Gasteiger partial charge in [0.2, 0.25) is 0 Å². The number of carbonyl (C=O) groups is 2. The molecule has 0 bridgehead atoms. The Morgan fingerprint density at radius 1 is 1.40 bits per heavy atom. The highest BCUT2D eigenvalue weighted by Gasteiger charge is 2.29. The third-order valence-electron chi connectivity index (χ3n) is 3.95. The number of carbonyl (C=O) groups excluding carboxylic acids is 2. The van der Waals surface area contributed by atoms with E-state index in [1.54, 1.807) is 24.3 Å². The number of allylic oxidation sites excluding steroid dienone is 2. The molecule has 1 aliphatic carbocycles. The Labute approximate surface area is 146 Å². The van der Waals surface area contributed by atoms with Gasteiger partial charge in [-0.3, -0.25) is 9.79 Å². The summed E-state index contributed by atoms with van der Waals surface area (Å²) < 4.78 is 5.00.